The summed E-state index contributed by atoms with van der Waals surface area (Å²) in [7, 11) is 2.16. The van der Waals surface area contributed by atoms with Crippen LogP contribution in [0.1, 0.15) is 5.56 Å². The van der Waals surface area contributed by atoms with Crippen molar-refractivity contribution >= 4 is 16.5 Å². The average molecular weight is 235 g/mol. The van der Waals surface area contributed by atoms with Crippen molar-refractivity contribution in [2.24, 2.45) is 0 Å². The van der Waals surface area contributed by atoms with Crippen molar-refractivity contribution in [3.05, 3.63) is 66.3 Å². The summed E-state index contributed by atoms with van der Waals surface area (Å²) >= 11 is 0. The first-order valence-electron chi connectivity index (χ1n) is 6.40. The van der Waals surface area contributed by atoms with E-state index in [1.54, 1.807) is 0 Å². The number of likely N-dealkylation sites (N-methyl/N-ethyl adjacent to an activating group) is 1. The normalized spacial score (nSPS) is 18.6. The van der Waals surface area contributed by atoms with E-state index in [1.807, 2.05) is 0 Å². The van der Waals surface area contributed by atoms with Gasteiger partial charge in [0.15, 0.2) is 0 Å². The molecule has 1 aliphatic rings. The van der Waals surface area contributed by atoms with E-state index in [4.69, 9.17) is 0 Å². The summed E-state index contributed by atoms with van der Waals surface area (Å²) in [5.41, 5.74) is 2.76. The highest BCUT2D eigenvalue weighted by molar-refractivity contribution is 5.90. The van der Waals surface area contributed by atoms with E-state index in [1.165, 1.54) is 22.0 Å². The van der Waals surface area contributed by atoms with Crippen LogP contribution in [0.15, 0.2) is 60.7 Å². The number of rotatable bonds is 0. The molecule has 3 rings (SSSR count). The number of benzene rings is 2. The van der Waals surface area contributed by atoms with Crippen LogP contribution in [0.4, 0.5) is 5.69 Å². The standard InChI is InChI=1S/C17H17N/c1-18-13-7-3-2-4-10-16-15-9-6-5-8-14(15)11-12-17(16)18/h2-9,11-12H,10,13H2,1H3/b4-2-,7-3-. The Hall–Kier alpha value is -2.02. The Bertz CT molecular complexity index is 623. The van der Waals surface area contributed by atoms with Gasteiger partial charge in [-0.25, -0.2) is 0 Å². The van der Waals surface area contributed by atoms with Gasteiger partial charge in [-0.3, -0.25) is 0 Å². The first kappa shape index (κ1) is 11.1. The molecule has 1 nitrogen and oxygen atoms in total. The van der Waals surface area contributed by atoms with Crippen molar-refractivity contribution < 1.29 is 0 Å². The predicted octanol–water partition coefficient (Wildman–Crippen LogP) is 3.94. The molecule has 1 aliphatic heterocycles. The topological polar surface area (TPSA) is 3.24 Å². The van der Waals surface area contributed by atoms with Crippen LogP contribution in [0.25, 0.3) is 10.8 Å². The molecule has 0 spiro atoms. The summed E-state index contributed by atoms with van der Waals surface area (Å²) in [5.74, 6) is 0. The predicted molar refractivity (Wildman–Crippen MR) is 79.2 cm³/mol. The molecule has 18 heavy (non-hydrogen) atoms. The van der Waals surface area contributed by atoms with Crippen LogP contribution in [-0.2, 0) is 6.42 Å². The number of fused-ring (bicyclic) bond motifs is 3. The minimum Gasteiger partial charge on any atom is -0.371 e. The molecule has 0 aromatic heterocycles. The van der Waals surface area contributed by atoms with Gasteiger partial charge in [0, 0.05) is 19.3 Å². The molecule has 0 radical (unpaired) electrons. The molecule has 0 saturated heterocycles. The lowest BCUT2D eigenvalue weighted by Gasteiger charge is -2.21. The third-order valence-electron chi connectivity index (χ3n) is 3.51. The highest BCUT2D eigenvalue weighted by atomic mass is 15.1. The van der Waals surface area contributed by atoms with Crippen molar-refractivity contribution in [2.45, 2.75) is 6.42 Å². The minimum atomic E-state index is 0.954. The molecule has 90 valence electrons. The number of anilines is 1. The molecule has 0 unspecified atom stereocenters. The molecule has 0 amide bonds. The van der Waals surface area contributed by atoms with Gasteiger partial charge in [-0.15, -0.1) is 0 Å². The number of hydrogen-bond donors (Lipinski definition) is 0. The van der Waals surface area contributed by atoms with Crippen LogP contribution in [0.5, 0.6) is 0 Å². The molecule has 1 heteroatoms. The minimum absolute atomic E-state index is 0.954. The third-order valence-corrected chi connectivity index (χ3v) is 3.51. The van der Waals surface area contributed by atoms with Gasteiger partial charge < -0.3 is 4.90 Å². The summed E-state index contributed by atoms with van der Waals surface area (Å²) in [6, 6.07) is 13.1. The van der Waals surface area contributed by atoms with Crippen LogP contribution < -0.4 is 4.90 Å². The maximum Gasteiger partial charge on any atom is 0.0408 e. The molecule has 0 fully saturated rings. The van der Waals surface area contributed by atoms with Crippen LogP contribution in [0.3, 0.4) is 0 Å². The summed E-state index contributed by atoms with van der Waals surface area (Å²) in [6.45, 7) is 0.954. The zero-order valence-electron chi connectivity index (χ0n) is 10.6. The second-order valence-electron chi connectivity index (χ2n) is 4.73. The van der Waals surface area contributed by atoms with E-state index in [0.29, 0.717) is 0 Å². The Morgan fingerprint density at radius 3 is 2.72 bits per heavy atom. The molecule has 0 aliphatic carbocycles. The molecule has 0 N–H and O–H groups in total. The van der Waals surface area contributed by atoms with Gasteiger partial charge in [0.25, 0.3) is 0 Å². The van der Waals surface area contributed by atoms with E-state index in [2.05, 4.69) is 72.6 Å². The highest BCUT2D eigenvalue weighted by Gasteiger charge is 2.09. The van der Waals surface area contributed by atoms with Crippen molar-refractivity contribution in [3.8, 4) is 0 Å². The number of nitrogens with zero attached hydrogens (tertiary/aromatic N) is 1. The lowest BCUT2D eigenvalue weighted by atomic mass is 9.99. The average Bonchev–Trinajstić information content (AvgIpc) is 2.50. The highest BCUT2D eigenvalue weighted by Crippen LogP contribution is 2.29. The van der Waals surface area contributed by atoms with Crippen molar-refractivity contribution in [2.75, 3.05) is 18.5 Å². The molecular formula is C17H17N. The van der Waals surface area contributed by atoms with E-state index in [0.717, 1.165) is 13.0 Å². The smallest absolute Gasteiger partial charge is 0.0408 e. The molecule has 1 heterocycles. The van der Waals surface area contributed by atoms with Crippen LogP contribution >= 0.6 is 0 Å². The summed E-state index contributed by atoms with van der Waals surface area (Å²) < 4.78 is 0. The third kappa shape index (κ3) is 1.92. The Labute approximate surface area is 108 Å². The number of allylic oxidation sites excluding steroid dienone is 3. The van der Waals surface area contributed by atoms with Gasteiger partial charge in [-0.2, -0.15) is 0 Å². The molecule has 2 aromatic rings. The first-order chi connectivity index (χ1) is 8.86. The summed E-state index contributed by atoms with van der Waals surface area (Å²) in [4.78, 5) is 2.31. The van der Waals surface area contributed by atoms with Gasteiger partial charge in [-0.05, 0) is 28.8 Å². The van der Waals surface area contributed by atoms with E-state index >= 15 is 0 Å². The molecular weight excluding hydrogens is 218 g/mol. The Morgan fingerprint density at radius 1 is 0.944 bits per heavy atom. The largest absolute Gasteiger partial charge is 0.371 e. The molecule has 0 bridgehead atoms. The maximum atomic E-state index is 2.31. The first-order valence-corrected chi connectivity index (χ1v) is 6.40. The van der Waals surface area contributed by atoms with E-state index in [-0.39, 0.29) is 0 Å². The molecule has 2 aromatic carbocycles. The van der Waals surface area contributed by atoms with Crippen molar-refractivity contribution in [1.29, 1.82) is 0 Å². The van der Waals surface area contributed by atoms with Gasteiger partial charge in [-0.1, -0.05) is 54.6 Å². The summed E-state index contributed by atoms with van der Waals surface area (Å²) in [5, 5.41) is 2.69. The zero-order chi connectivity index (χ0) is 12.4. The van der Waals surface area contributed by atoms with E-state index < -0.39 is 0 Å². The number of hydrogen-bond acceptors (Lipinski definition) is 1. The Morgan fingerprint density at radius 2 is 1.78 bits per heavy atom. The quantitative estimate of drug-likeness (QED) is 0.668. The van der Waals surface area contributed by atoms with Crippen molar-refractivity contribution in [3.63, 3.8) is 0 Å². The van der Waals surface area contributed by atoms with Crippen LogP contribution in [0, 0.1) is 0 Å². The lowest BCUT2D eigenvalue weighted by molar-refractivity contribution is 1.02. The molecule has 0 saturated carbocycles. The Kier molecular flexibility index (Phi) is 2.89. The molecule has 0 atom stereocenters. The van der Waals surface area contributed by atoms with Gasteiger partial charge in [0.1, 0.15) is 0 Å². The van der Waals surface area contributed by atoms with Crippen molar-refractivity contribution in [1.82, 2.24) is 0 Å². The fraction of sp³-hybridized carbons (Fsp3) is 0.176. The van der Waals surface area contributed by atoms with Gasteiger partial charge in [0.05, 0.1) is 0 Å². The van der Waals surface area contributed by atoms with E-state index in [9.17, 15) is 0 Å². The maximum absolute atomic E-state index is 2.31. The second-order valence-corrected chi connectivity index (χ2v) is 4.73. The van der Waals surface area contributed by atoms with Gasteiger partial charge in [0.2, 0.25) is 0 Å². The Balaban J connectivity index is 2.24. The van der Waals surface area contributed by atoms with Crippen LogP contribution in [-0.4, -0.2) is 13.6 Å². The van der Waals surface area contributed by atoms with Gasteiger partial charge >= 0.3 is 0 Å². The fourth-order valence-corrected chi connectivity index (χ4v) is 2.56. The fourth-order valence-electron chi connectivity index (χ4n) is 2.56. The lowest BCUT2D eigenvalue weighted by Crippen LogP contribution is -2.18. The summed E-state index contributed by atoms with van der Waals surface area (Å²) in [6.07, 6.45) is 9.70. The monoisotopic (exact) mass is 235 g/mol. The second kappa shape index (κ2) is 4.69. The van der Waals surface area contributed by atoms with Crippen LogP contribution in [0.2, 0.25) is 0 Å². The zero-order valence-corrected chi connectivity index (χ0v) is 10.6. The SMILES string of the molecule is CN1C/C=C\C=C/Cc2c1ccc1ccccc21.